The van der Waals surface area contributed by atoms with Crippen molar-refractivity contribution >= 4 is 17.0 Å². The molecule has 0 atom stereocenters. The summed E-state index contributed by atoms with van der Waals surface area (Å²) >= 11 is 0. The maximum atomic E-state index is 5.11. The average Bonchev–Trinajstić information content (AvgIpc) is 3.15. The fraction of sp³-hybridized carbons (Fsp3) is 0.708. The lowest BCUT2D eigenvalue weighted by Crippen LogP contribution is -2.46. The predicted molar refractivity (Wildman–Crippen MR) is 121 cm³/mol. The topological polar surface area (TPSA) is 27.5 Å². The summed E-state index contributed by atoms with van der Waals surface area (Å²) in [5.41, 5.74) is 2.48. The first kappa shape index (κ1) is 19.4. The van der Waals surface area contributed by atoms with Gasteiger partial charge in [0.05, 0.1) is 11.0 Å². The van der Waals surface area contributed by atoms with Gasteiger partial charge in [0.25, 0.3) is 0 Å². The summed E-state index contributed by atoms with van der Waals surface area (Å²) in [6.07, 6.45) is 9.80. The normalized spacial score (nSPS) is 23.8. The van der Waals surface area contributed by atoms with Crippen molar-refractivity contribution in [1.29, 1.82) is 0 Å². The van der Waals surface area contributed by atoms with Crippen LogP contribution in [0.3, 0.4) is 0 Å². The molecule has 3 fully saturated rings. The Labute approximate surface area is 175 Å². The minimum Gasteiger partial charge on any atom is -0.340 e. The molecule has 5 heteroatoms. The zero-order valence-electron chi connectivity index (χ0n) is 18.1. The number of likely N-dealkylation sites (N-methyl/N-ethyl adjacent to an activating group) is 1. The highest BCUT2D eigenvalue weighted by Gasteiger charge is 2.28. The number of imidazole rings is 1. The van der Waals surface area contributed by atoms with E-state index in [0.717, 1.165) is 37.6 Å². The number of hydrogen-bond donors (Lipinski definition) is 0. The second kappa shape index (κ2) is 8.65. The molecule has 2 aliphatic heterocycles. The van der Waals surface area contributed by atoms with Crippen LogP contribution in [-0.2, 0) is 0 Å². The van der Waals surface area contributed by atoms with Crippen molar-refractivity contribution in [3.05, 3.63) is 24.3 Å². The van der Waals surface area contributed by atoms with Gasteiger partial charge in [-0.25, -0.2) is 4.98 Å². The number of piperazine rings is 1. The highest BCUT2D eigenvalue weighted by molar-refractivity contribution is 5.79. The summed E-state index contributed by atoms with van der Waals surface area (Å²) in [5.74, 6) is 2.17. The first-order chi connectivity index (χ1) is 14.3. The van der Waals surface area contributed by atoms with E-state index in [0.29, 0.717) is 6.04 Å². The van der Waals surface area contributed by atoms with Gasteiger partial charge >= 0.3 is 0 Å². The molecule has 1 saturated carbocycles. The molecule has 0 N–H and O–H groups in total. The van der Waals surface area contributed by atoms with E-state index in [-0.39, 0.29) is 0 Å². The van der Waals surface area contributed by atoms with E-state index in [1.54, 1.807) is 0 Å². The van der Waals surface area contributed by atoms with Gasteiger partial charge in [-0.15, -0.1) is 0 Å². The Morgan fingerprint density at radius 3 is 2.34 bits per heavy atom. The molecular formula is C24H37N5. The zero-order chi connectivity index (χ0) is 19.6. The van der Waals surface area contributed by atoms with Gasteiger partial charge in [0.1, 0.15) is 0 Å². The SMILES string of the molecule is CN1CCN(c2nc3ccccc3n2C2CCN(CC3CCCCC3)CC2)CC1. The van der Waals surface area contributed by atoms with Crippen molar-refractivity contribution < 1.29 is 0 Å². The predicted octanol–water partition coefficient (Wildman–Crippen LogP) is 4.01. The quantitative estimate of drug-likeness (QED) is 0.782. The van der Waals surface area contributed by atoms with Crippen molar-refractivity contribution in [2.24, 2.45) is 5.92 Å². The van der Waals surface area contributed by atoms with Crippen LogP contribution < -0.4 is 4.90 Å². The maximum Gasteiger partial charge on any atom is 0.206 e. The number of piperidine rings is 1. The van der Waals surface area contributed by atoms with Gasteiger partial charge in [-0.2, -0.15) is 0 Å². The first-order valence-corrected chi connectivity index (χ1v) is 11.9. The number of nitrogens with zero attached hydrogens (tertiary/aromatic N) is 5. The number of benzene rings is 1. The lowest BCUT2D eigenvalue weighted by molar-refractivity contribution is 0.149. The van der Waals surface area contributed by atoms with E-state index >= 15 is 0 Å². The van der Waals surface area contributed by atoms with Crippen LogP contribution in [0.1, 0.15) is 51.0 Å². The summed E-state index contributed by atoms with van der Waals surface area (Å²) < 4.78 is 2.60. The standard InChI is InChI=1S/C24H37N5/c1-26-15-17-28(18-16-26)24-25-22-9-5-6-10-23(22)29(24)21-11-13-27(14-12-21)19-20-7-3-2-4-8-20/h5-6,9-10,20-21H,2-4,7-8,11-19H2,1H3. The molecule has 3 aliphatic rings. The molecule has 1 aromatic carbocycles. The third-order valence-electron chi connectivity index (χ3n) is 7.53. The van der Waals surface area contributed by atoms with Gasteiger partial charge in [0.2, 0.25) is 5.95 Å². The molecule has 1 aromatic heterocycles. The van der Waals surface area contributed by atoms with E-state index in [1.807, 2.05) is 0 Å². The number of para-hydroxylation sites is 2. The van der Waals surface area contributed by atoms with Crippen molar-refractivity contribution in [2.75, 3.05) is 57.8 Å². The molecule has 5 rings (SSSR count). The monoisotopic (exact) mass is 395 g/mol. The molecule has 2 saturated heterocycles. The molecule has 0 bridgehead atoms. The van der Waals surface area contributed by atoms with Crippen LogP contribution in [0.5, 0.6) is 0 Å². The lowest BCUT2D eigenvalue weighted by atomic mass is 9.88. The molecule has 29 heavy (non-hydrogen) atoms. The average molecular weight is 396 g/mol. The van der Waals surface area contributed by atoms with Gasteiger partial charge in [-0.05, 0) is 50.8 Å². The molecule has 0 spiro atoms. The van der Waals surface area contributed by atoms with Crippen molar-refractivity contribution in [3.63, 3.8) is 0 Å². The van der Waals surface area contributed by atoms with Crippen molar-refractivity contribution in [1.82, 2.24) is 19.4 Å². The molecule has 0 radical (unpaired) electrons. The Morgan fingerprint density at radius 2 is 1.59 bits per heavy atom. The molecule has 3 heterocycles. The Kier molecular flexibility index (Phi) is 5.78. The fourth-order valence-corrected chi connectivity index (χ4v) is 5.72. The summed E-state index contributed by atoms with van der Waals surface area (Å²) in [5, 5.41) is 0. The molecular weight excluding hydrogens is 358 g/mol. The summed E-state index contributed by atoms with van der Waals surface area (Å²) in [4.78, 5) is 12.8. The fourth-order valence-electron chi connectivity index (χ4n) is 5.72. The third kappa shape index (κ3) is 4.17. The van der Waals surface area contributed by atoms with Crippen LogP contribution in [0.15, 0.2) is 24.3 Å². The molecule has 158 valence electrons. The van der Waals surface area contributed by atoms with Gasteiger partial charge < -0.3 is 19.3 Å². The maximum absolute atomic E-state index is 5.11. The number of rotatable bonds is 4. The van der Waals surface area contributed by atoms with Crippen LogP contribution in [-0.4, -0.2) is 72.2 Å². The van der Waals surface area contributed by atoms with Crippen molar-refractivity contribution in [3.8, 4) is 0 Å². The van der Waals surface area contributed by atoms with Gasteiger partial charge in [-0.1, -0.05) is 31.4 Å². The van der Waals surface area contributed by atoms with E-state index in [2.05, 4.69) is 50.6 Å². The number of likely N-dealkylation sites (tertiary alicyclic amines) is 1. The van der Waals surface area contributed by atoms with Gasteiger partial charge in [-0.3, -0.25) is 0 Å². The number of anilines is 1. The second-order valence-corrected chi connectivity index (χ2v) is 9.60. The molecule has 2 aromatic rings. The van der Waals surface area contributed by atoms with Crippen molar-refractivity contribution in [2.45, 2.75) is 51.0 Å². The first-order valence-electron chi connectivity index (χ1n) is 11.9. The van der Waals surface area contributed by atoms with Gasteiger partial charge in [0.15, 0.2) is 0 Å². The van der Waals surface area contributed by atoms with Crippen LogP contribution in [0, 0.1) is 5.92 Å². The highest BCUT2D eigenvalue weighted by Crippen LogP contribution is 2.34. The minimum absolute atomic E-state index is 0.583. The van der Waals surface area contributed by atoms with E-state index in [1.165, 1.54) is 76.0 Å². The number of aromatic nitrogens is 2. The minimum atomic E-state index is 0.583. The Bertz CT molecular complexity index is 793. The smallest absolute Gasteiger partial charge is 0.206 e. The molecule has 0 amide bonds. The molecule has 1 aliphatic carbocycles. The summed E-state index contributed by atoms with van der Waals surface area (Å²) in [6, 6.07) is 9.34. The second-order valence-electron chi connectivity index (χ2n) is 9.60. The van der Waals surface area contributed by atoms with Crippen LogP contribution in [0.25, 0.3) is 11.0 Å². The highest BCUT2D eigenvalue weighted by atomic mass is 15.4. The Hall–Kier alpha value is -1.59. The largest absolute Gasteiger partial charge is 0.340 e. The summed E-state index contributed by atoms with van der Waals surface area (Å²) in [7, 11) is 2.22. The van der Waals surface area contributed by atoms with E-state index in [4.69, 9.17) is 4.98 Å². The van der Waals surface area contributed by atoms with Crippen LogP contribution in [0.4, 0.5) is 5.95 Å². The Balaban J connectivity index is 1.32. The Morgan fingerprint density at radius 1 is 0.862 bits per heavy atom. The van der Waals surface area contributed by atoms with E-state index < -0.39 is 0 Å². The number of fused-ring (bicyclic) bond motifs is 1. The lowest BCUT2D eigenvalue weighted by Gasteiger charge is -2.38. The molecule has 5 nitrogen and oxygen atoms in total. The summed E-state index contributed by atoms with van der Waals surface area (Å²) in [6.45, 7) is 8.25. The van der Waals surface area contributed by atoms with Gasteiger partial charge in [0, 0.05) is 51.9 Å². The van der Waals surface area contributed by atoms with Crippen LogP contribution >= 0.6 is 0 Å². The third-order valence-corrected chi connectivity index (χ3v) is 7.53. The number of hydrogen-bond acceptors (Lipinski definition) is 4. The van der Waals surface area contributed by atoms with Crippen LogP contribution in [0.2, 0.25) is 0 Å². The molecule has 0 unspecified atom stereocenters. The zero-order valence-corrected chi connectivity index (χ0v) is 18.1. The van der Waals surface area contributed by atoms with E-state index in [9.17, 15) is 0 Å².